The number of nitrogens with one attached hydrogen (secondary N) is 1. The molecular weight excluding hydrogens is 232 g/mol. The van der Waals surface area contributed by atoms with Crippen molar-refractivity contribution >= 4 is 11.9 Å². The second-order valence-corrected chi connectivity index (χ2v) is 5.39. The highest BCUT2D eigenvalue weighted by Gasteiger charge is 2.26. The van der Waals surface area contributed by atoms with E-state index in [-0.39, 0.29) is 12.5 Å². The van der Waals surface area contributed by atoms with Gasteiger partial charge in [-0.1, -0.05) is 12.8 Å². The van der Waals surface area contributed by atoms with Gasteiger partial charge in [0.15, 0.2) is 0 Å². The largest absolute Gasteiger partial charge is 0.480 e. The fraction of sp³-hybridized carbons (Fsp3) is 0.846. The molecule has 5 heteroatoms. The van der Waals surface area contributed by atoms with Crippen molar-refractivity contribution in [2.24, 2.45) is 0 Å². The van der Waals surface area contributed by atoms with E-state index in [4.69, 9.17) is 5.11 Å². The van der Waals surface area contributed by atoms with E-state index in [1.165, 1.54) is 12.8 Å². The molecule has 2 saturated carbocycles. The monoisotopic (exact) mass is 254 g/mol. The van der Waals surface area contributed by atoms with Gasteiger partial charge in [0.25, 0.3) is 0 Å². The van der Waals surface area contributed by atoms with Gasteiger partial charge in [0, 0.05) is 25.0 Å². The Hall–Kier alpha value is -1.10. The molecule has 2 fully saturated rings. The third-order valence-corrected chi connectivity index (χ3v) is 3.75. The number of carbonyl (C=O) groups excluding carboxylic acids is 1. The Labute approximate surface area is 108 Å². The summed E-state index contributed by atoms with van der Waals surface area (Å²) in [6, 6.07) is 0.742. The van der Waals surface area contributed by atoms with Crippen molar-refractivity contribution in [3.63, 3.8) is 0 Å². The lowest BCUT2D eigenvalue weighted by atomic mass is 10.2. The molecule has 2 N–H and O–H groups in total. The van der Waals surface area contributed by atoms with Crippen LogP contribution in [0.15, 0.2) is 0 Å². The predicted octanol–water partition coefficient (Wildman–Crippen LogP) is 0.984. The van der Waals surface area contributed by atoms with E-state index in [2.05, 4.69) is 5.32 Å². The molecule has 0 bridgehead atoms. The van der Waals surface area contributed by atoms with Crippen molar-refractivity contribution in [2.75, 3.05) is 13.1 Å². The number of carbonyl (C=O) groups is 2. The molecule has 0 saturated heterocycles. The van der Waals surface area contributed by atoms with Crippen LogP contribution in [0.1, 0.15) is 44.9 Å². The Morgan fingerprint density at radius 3 is 2.39 bits per heavy atom. The summed E-state index contributed by atoms with van der Waals surface area (Å²) in [6.45, 7) is 0.622. The molecule has 0 aromatic rings. The van der Waals surface area contributed by atoms with E-state index in [0.717, 1.165) is 25.7 Å². The molecule has 2 rings (SSSR count). The minimum atomic E-state index is -0.801. The maximum absolute atomic E-state index is 11.6. The molecule has 0 unspecified atom stereocenters. The molecule has 18 heavy (non-hydrogen) atoms. The zero-order valence-corrected chi connectivity index (χ0v) is 10.7. The maximum atomic E-state index is 11.6. The molecule has 102 valence electrons. The summed E-state index contributed by atoms with van der Waals surface area (Å²) >= 11 is 0. The van der Waals surface area contributed by atoms with Crippen LogP contribution < -0.4 is 5.32 Å². The van der Waals surface area contributed by atoms with Crippen LogP contribution in [0, 0.1) is 0 Å². The highest BCUT2D eigenvalue weighted by Crippen LogP contribution is 2.23. The first-order valence-electron chi connectivity index (χ1n) is 6.90. The molecule has 0 atom stereocenters. The number of hydrogen-bond acceptors (Lipinski definition) is 3. The molecule has 0 aromatic heterocycles. The molecule has 5 nitrogen and oxygen atoms in total. The van der Waals surface area contributed by atoms with Crippen LogP contribution >= 0.6 is 0 Å². The van der Waals surface area contributed by atoms with Gasteiger partial charge < -0.3 is 10.4 Å². The van der Waals surface area contributed by atoms with Gasteiger partial charge in [-0.3, -0.25) is 14.5 Å². The van der Waals surface area contributed by atoms with Gasteiger partial charge in [0.05, 0.1) is 6.54 Å². The van der Waals surface area contributed by atoms with Crippen LogP contribution in [-0.4, -0.2) is 47.1 Å². The van der Waals surface area contributed by atoms with E-state index in [1.54, 1.807) is 0 Å². The van der Waals surface area contributed by atoms with Gasteiger partial charge in [-0.2, -0.15) is 0 Å². The summed E-state index contributed by atoms with van der Waals surface area (Å²) in [6.07, 6.45) is 7.08. The summed E-state index contributed by atoms with van der Waals surface area (Å²) < 4.78 is 0. The van der Waals surface area contributed by atoms with Crippen LogP contribution in [0.5, 0.6) is 0 Å². The van der Waals surface area contributed by atoms with Crippen LogP contribution in [0.4, 0.5) is 0 Å². The van der Waals surface area contributed by atoms with Crippen LogP contribution in [0.25, 0.3) is 0 Å². The lowest BCUT2D eigenvalue weighted by Crippen LogP contribution is -2.40. The SMILES string of the molecule is O=C(O)CN(CCC(=O)NC1CC1)C1CCCC1. The molecule has 0 radical (unpaired) electrons. The summed E-state index contributed by atoms with van der Waals surface area (Å²) in [7, 11) is 0. The van der Waals surface area contributed by atoms with Crippen LogP contribution in [-0.2, 0) is 9.59 Å². The van der Waals surface area contributed by atoms with Gasteiger partial charge in [-0.05, 0) is 25.7 Å². The molecule has 1 amide bonds. The zero-order valence-electron chi connectivity index (χ0n) is 10.7. The van der Waals surface area contributed by atoms with E-state index in [9.17, 15) is 9.59 Å². The number of hydrogen-bond donors (Lipinski definition) is 2. The summed E-state index contributed by atoms with van der Waals surface area (Å²) in [5, 5.41) is 11.9. The van der Waals surface area contributed by atoms with Crippen molar-refractivity contribution in [1.82, 2.24) is 10.2 Å². The fourth-order valence-electron chi connectivity index (χ4n) is 2.61. The number of rotatable bonds is 7. The van der Waals surface area contributed by atoms with E-state index in [1.807, 2.05) is 4.90 Å². The summed E-state index contributed by atoms with van der Waals surface area (Å²) in [5.41, 5.74) is 0. The third kappa shape index (κ3) is 4.29. The number of aliphatic carboxylic acids is 1. The third-order valence-electron chi connectivity index (χ3n) is 3.75. The minimum absolute atomic E-state index is 0.0569. The van der Waals surface area contributed by atoms with E-state index < -0.39 is 5.97 Å². The summed E-state index contributed by atoms with van der Waals surface area (Å²) in [5.74, 6) is -0.740. The van der Waals surface area contributed by atoms with Crippen molar-refractivity contribution in [3.05, 3.63) is 0 Å². The van der Waals surface area contributed by atoms with Gasteiger partial charge in [0.1, 0.15) is 0 Å². The molecule has 2 aliphatic rings. The molecule has 0 aromatic carbocycles. The van der Waals surface area contributed by atoms with Gasteiger partial charge in [-0.15, -0.1) is 0 Å². The first-order valence-corrected chi connectivity index (χ1v) is 6.90. The quantitative estimate of drug-likeness (QED) is 0.710. The number of nitrogens with zero attached hydrogens (tertiary/aromatic N) is 1. The lowest BCUT2D eigenvalue weighted by Gasteiger charge is -2.26. The van der Waals surface area contributed by atoms with Crippen LogP contribution in [0.2, 0.25) is 0 Å². The number of carboxylic acids is 1. The Balaban J connectivity index is 1.75. The van der Waals surface area contributed by atoms with Gasteiger partial charge >= 0.3 is 5.97 Å². The molecular formula is C13H22N2O3. The maximum Gasteiger partial charge on any atom is 0.317 e. The normalized spacial score (nSPS) is 20.3. The highest BCUT2D eigenvalue weighted by molar-refractivity contribution is 5.76. The standard InChI is InChI=1S/C13H22N2O3/c16-12(14-10-5-6-10)7-8-15(9-13(17)18)11-3-1-2-4-11/h10-11H,1-9H2,(H,14,16)(H,17,18). The summed E-state index contributed by atoms with van der Waals surface area (Å²) in [4.78, 5) is 24.4. The van der Waals surface area contributed by atoms with Crippen LogP contribution in [0.3, 0.4) is 0 Å². The number of amides is 1. The average Bonchev–Trinajstić information content (AvgIpc) is 2.95. The van der Waals surface area contributed by atoms with Crippen molar-refractivity contribution in [2.45, 2.75) is 57.0 Å². The van der Waals surface area contributed by atoms with Crippen molar-refractivity contribution in [1.29, 1.82) is 0 Å². The Bertz CT molecular complexity index is 309. The fourth-order valence-corrected chi connectivity index (χ4v) is 2.61. The Kier molecular flexibility index (Phi) is 4.58. The zero-order chi connectivity index (χ0) is 13.0. The first-order chi connectivity index (χ1) is 8.65. The molecule has 0 aliphatic heterocycles. The average molecular weight is 254 g/mol. The van der Waals surface area contributed by atoms with E-state index in [0.29, 0.717) is 25.0 Å². The lowest BCUT2D eigenvalue weighted by molar-refractivity contribution is -0.139. The predicted molar refractivity (Wildman–Crippen MR) is 67.2 cm³/mol. The van der Waals surface area contributed by atoms with Gasteiger partial charge in [-0.25, -0.2) is 0 Å². The highest BCUT2D eigenvalue weighted by atomic mass is 16.4. The first kappa shape index (κ1) is 13.3. The Morgan fingerprint density at radius 1 is 1.17 bits per heavy atom. The molecule has 0 spiro atoms. The number of carboxylic acid groups (broad SMARTS) is 1. The van der Waals surface area contributed by atoms with E-state index >= 15 is 0 Å². The van der Waals surface area contributed by atoms with Crippen molar-refractivity contribution in [3.8, 4) is 0 Å². The second-order valence-electron chi connectivity index (χ2n) is 5.39. The minimum Gasteiger partial charge on any atom is -0.480 e. The Morgan fingerprint density at radius 2 is 1.83 bits per heavy atom. The topological polar surface area (TPSA) is 69.6 Å². The molecule has 0 heterocycles. The van der Waals surface area contributed by atoms with Crippen molar-refractivity contribution < 1.29 is 14.7 Å². The second kappa shape index (κ2) is 6.18. The molecule has 2 aliphatic carbocycles. The van der Waals surface area contributed by atoms with Gasteiger partial charge in [0.2, 0.25) is 5.91 Å². The smallest absolute Gasteiger partial charge is 0.317 e.